The Kier molecular flexibility index (Phi) is 3.10. The maximum absolute atomic E-state index is 12.5. The third-order valence-electron chi connectivity index (χ3n) is 2.27. The number of nitrogens with one attached hydrogen (secondary N) is 1. The van der Waals surface area contributed by atoms with Crippen LogP contribution in [0, 0.1) is 0 Å². The molecule has 0 atom stereocenters. The summed E-state index contributed by atoms with van der Waals surface area (Å²) in [5, 5.41) is 2.78. The van der Waals surface area contributed by atoms with Gasteiger partial charge >= 0.3 is 6.18 Å². The van der Waals surface area contributed by atoms with E-state index in [0.717, 1.165) is 18.3 Å². The molecule has 0 amide bonds. The highest BCUT2D eigenvalue weighted by Crippen LogP contribution is 2.30. The van der Waals surface area contributed by atoms with E-state index in [0.29, 0.717) is 11.4 Å². The van der Waals surface area contributed by atoms with Gasteiger partial charge in [-0.15, -0.1) is 0 Å². The summed E-state index contributed by atoms with van der Waals surface area (Å²) in [7, 11) is 0. The summed E-state index contributed by atoms with van der Waals surface area (Å²) in [5.41, 5.74) is 5.97. The molecule has 0 aliphatic heterocycles. The minimum absolute atomic E-state index is 0.134. The highest BCUT2D eigenvalue weighted by molar-refractivity contribution is 5.59. The predicted octanol–water partition coefficient (Wildman–Crippen LogP) is 3.43. The minimum Gasteiger partial charge on any atom is -0.399 e. The number of nitrogens with zero attached hydrogens (tertiary/aromatic N) is 1. The number of pyridine rings is 1. The maximum Gasteiger partial charge on any atom is 0.416 e. The van der Waals surface area contributed by atoms with Gasteiger partial charge in [-0.05, 0) is 36.4 Å². The Hall–Kier alpha value is -2.24. The van der Waals surface area contributed by atoms with E-state index in [2.05, 4.69) is 10.3 Å². The fourth-order valence-electron chi connectivity index (χ4n) is 1.39. The van der Waals surface area contributed by atoms with Crippen molar-refractivity contribution in [3.05, 3.63) is 48.2 Å². The second kappa shape index (κ2) is 4.56. The van der Waals surface area contributed by atoms with Gasteiger partial charge in [0.05, 0.1) is 5.56 Å². The summed E-state index contributed by atoms with van der Waals surface area (Å²) in [4.78, 5) is 3.83. The van der Waals surface area contributed by atoms with Crippen LogP contribution in [0.2, 0.25) is 0 Å². The highest BCUT2D eigenvalue weighted by atomic mass is 19.4. The van der Waals surface area contributed by atoms with Crippen molar-refractivity contribution in [2.24, 2.45) is 0 Å². The molecule has 0 bridgehead atoms. The second-order valence-electron chi connectivity index (χ2n) is 3.67. The third-order valence-corrected chi connectivity index (χ3v) is 2.27. The van der Waals surface area contributed by atoms with Crippen molar-refractivity contribution >= 4 is 17.2 Å². The Morgan fingerprint density at radius 2 is 1.72 bits per heavy atom. The molecular formula is C12H10F3N3. The number of benzene rings is 1. The van der Waals surface area contributed by atoms with Crippen LogP contribution in [0.4, 0.5) is 30.4 Å². The van der Waals surface area contributed by atoms with E-state index < -0.39 is 11.7 Å². The number of rotatable bonds is 2. The van der Waals surface area contributed by atoms with Gasteiger partial charge in [0.2, 0.25) is 0 Å². The van der Waals surface area contributed by atoms with Crippen molar-refractivity contribution in [1.29, 1.82) is 0 Å². The molecule has 1 aromatic heterocycles. The molecule has 0 spiro atoms. The van der Waals surface area contributed by atoms with E-state index in [1.165, 1.54) is 0 Å². The van der Waals surface area contributed by atoms with Crippen LogP contribution in [0.15, 0.2) is 42.6 Å². The fourth-order valence-corrected chi connectivity index (χ4v) is 1.39. The lowest BCUT2D eigenvalue weighted by molar-refractivity contribution is -0.137. The van der Waals surface area contributed by atoms with Crippen LogP contribution in [0.1, 0.15) is 5.56 Å². The Bertz CT molecular complexity index is 535. The van der Waals surface area contributed by atoms with Gasteiger partial charge in [-0.1, -0.05) is 0 Å². The van der Waals surface area contributed by atoms with E-state index in [-0.39, 0.29) is 5.82 Å². The van der Waals surface area contributed by atoms with Gasteiger partial charge in [0, 0.05) is 17.6 Å². The number of anilines is 3. The van der Waals surface area contributed by atoms with Crippen LogP contribution in [-0.2, 0) is 6.18 Å². The zero-order chi connectivity index (χ0) is 13.2. The maximum atomic E-state index is 12.5. The highest BCUT2D eigenvalue weighted by Gasteiger charge is 2.30. The first-order valence-electron chi connectivity index (χ1n) is 5.11. The van der Waals surface area contributed by atoms with Crippen LogP contribution in [-0.4, -0.2) is 4.98 Å². The molecule has 0 aliphatic rings. The molecule has 0 fully saturated rings. The number of nitrogens with two attached hydrogens (primary N) is 1. The standard InChI is InChI=1S/C12H10F3N3/c13-12(14,15)8-5-6-17-11(7-8)18-10-3-1-9(16)2-4-10/h1-7H,16H2,(H,17,18). The molecule has 3 N–H and O–H groups in total. The first kappa shape index (κ1) is 12.2. The van der Waals surface area contributed by atoms with Crippen LogP contribution in [0.5, 0.6) is 0 Å². The van der Waals surface area contributed by atoms with Crippen LogP contribution in [0.3, 0.4) is 0 Å². The topological polar surface area (TPSA) is 50.9 Å². The van der Waals surface area contributed by atoms with Gasteiger partial charge < -0.3 is 11.1 Å². The van der Waals surface area contributed by atoms with E-state index >= 15 is 0 Å². The van der Waals surface area contributed by atoms with Crippen molar-refractivity contribution in [1.82, 2.24) is 4.98 Å². The van der Waals surface area contributed by atoms with Gasteiger partial charge in [-0.25, -0.2) is 4.98 Å². The first-order valence-corrected chi connectivity index (χ1v) is 5.11. The molecule has 1 aromatic carbocycles. The van der Waals surface area contributed by atoms with E-state index in [1.807, 2.05) is 0 Å². The number of alkyl halides is 3. The molecule has 0 aliphatic carbocycles. The third kappa shape index (κ3) is 2.91. The summed E-state index contributed by atoms with van der Waals surface area (Å²) >= 11 is 0. The average Bonchev–Trinajstić information content (AvgIpc) is 2.31. The molecule has 3 nitrogen and oxygen atoms in total. The van der Waals surface area contributed by atoms with Gasteiger partial charge in [0.15, 0.2) is 0 Å². The van der Waals surface area contributed by atoms with Crippen LogP contribution in [0.25, 0.3) is 0 Å². The van der Waals surface area contributed by atoms with E-state index in [1.54, 1.807) is 24.3 Å². The molecular weight excluding hydrogens is 243 g/mol. The average molecular weight is 253 g/mol. The van der Waals surface area contributed by atoms with Gasteiger partial charge in [0.1, 0.15) is 5.82 Å². The number of nitrogen functional groups attached to an aromatic ring is 1. The monoisotopic (exact) mass is 253 g/mol. The number of aromatic nitrogens is 1. The summed E-state index contributed by atoms with van der Waals surface area (Å²) in [6, 6.07) is 8.50. The van der Waals surface area contributed by atoms with E-state index in [4.69, 9.17) is 5.73 Å². The van der Waals surface area contributed by atoms with E-state index in [9.17, 15) is 13.2 Å². The molecule has 0 radical (unpaired) electrons. The summed E-state index contributed by atoms with van der Waals surface area (Å²) in [6.45, 7) is 0. The number of hydrogen-bond acceptors (Lipinski definition) is 3. The number of halogens is 3. The van der Waals surface area contributed by atoms with Crippen molar-refractivity contribution in [2.45, 2.75) is 6.18 Å². The zero-order valence-electron chi connectivity index (χ0n) is 9.20. The molecule has 0 unspecified atom stereocenters. The lowest BCUT2D eigenvalue weighted by Crippen LogP contribution is -2.06. The number of hydrogen-bond donors (Lipinski definition) is 2. The Morgan fingerprint density at radius 1 is 1.06 bits per heavy atom. The lowest BCUT2D eigenvalue weighted by atomic mass is 10.2. The molecule has 2 rings (SSSR count). The molecule has 1 heterocycles. The molecule has 0 saturated heterocycles. The normalized spacial score (nSPS) is 11.3. The van der Waals surface area contributed by atoms with Crippen molar-refractivity contribution in [2.75, 3.05) is 11.1 Å². The first-order chi connectivity index (χ1) is 8.45. The fraction of sp³-hybridized carbons (Fsp3) is 0.0833. The Morgan fingerprint density at radius 3 is 2.33 bits per heavy atom. The van der Waals surface area contributed by atoms with Crippen molar-refractivity contribution < 1.29 is 13.2 Å². The van der Waals surface area contributed by atoms with Gasteiger partial charge in [-0.3, -0.25) is 0 Å². The largest absolute Gasteiger partial charge is 0.416 e. The summed E-state index contributed by atoms with van der Waals surface area (Å²) in [5.74, 6) is 0.134. The van der Waals surface area contributed by atoms with Crippen LogP contribution >= 0.6 is 0 Å². The van der Waals surface area contributed by atoms with Crippen molar-refractivity contribution in [3.63, 3.8) is 0 Å². The Balaban J connectivity index is 2.22. The second-order valence-corrected chi connectivity index (χ2v) is 3.67. The Labute approximate surface area is 101 Å². The quantitative estimate of drug-likeness (QED) is 0.806. The SMILES string of the molecule is Nc1ccc(Nc2cc(C(F)(F)F)ccn2)cc1. The van der Waals surface area contributed by atoms with Crippen LogP contribution < -0.4 is 11.1 Å². The minimum atomic E-state index is -4.37. The van der Waals surface area contributed by atoms with Gasteiger partial charge in [0.25, 0.3) is 0 Å². The zero-order valence-corrected chi connectivity index (χ0v) is 9.20. The van der Waals surface area contributed by atoms with Gasteiger partial charge in [-0.2, -0.15) is 13.2 Å². The summed E-state index contributed by atoms with van der Waals surface area (Å²) in [6.07, 6.45) is -3.26. The smallest absolute Gasteiger partial charge is 0.399 e. The molecule has 6 heteroatoms. The molecule has 2 aromatic rings. The molecule has 18 heavy (non-hydrogen) atoms. The lowest BCUT2D eigenvalue weighted by Gasteiger charge is -2.09. The van der Waals surface area contributed by atoms with Crippen molar-refractivity contribution in [3.8, 4) is 0 Å². The molecule has 0 saturated carbocycles. The predicted molar refractivity (Wildman–Crippen MR) is 63.4 cm³/mol. The molecule has 94 valence electrons. The summed E-state index contributed by atoms with van der Waals surface area (Å²) < 4.78 is 37.5.